The number of rotatable bonds is 6. The number of carbonyl (C=O) groups excluding carboxylic acids is 4. The van der Waals surface area contributed by atoms with E-state index in [9.17, 15) is 19.2 Å². The van der Waals surface area contributed by atoms with Gasteiger partial charge in [0.25, 0.3) is 0 Å². The number of hydrogen-bond donors (Lipinski definition) is 0. The molecule has 2 saturated heterocycles. The van der Waals surface area contributed by atoms with Gasteiger partial charge in [-0.25, -0.2) is 0 Å². The first-order valence-corrected chi connectivity index (χ1v) is 11.2. The summed E-state index contributed by atoms with van der Waals surface area (Å²) in [7, 11) is 2.95. The number of imide groups is 1. The van der Waals surface area contributed by atoms with Crippen molar-refractivity contribution in [3.8, 4) is 5.75 Å². The molecule has 2 aromatic carbocycles. The molecule has 7 heteroatoms. The van der Waals surface area contributed by atoms with Crippen molar-refractivity contribution in [3.05, 3.63) is 65.7 Å². The first kappa shape index (κ1) is 22.7. The normalized spacial score (nSPS) is 23.0. The SMILES string of the molecule is COc1ccccc1[C@]1(CC(=O)N2CCC[C@@H](C(=O)c3ccccc3)C2)CC(=O)N(C)C1=O. The van der Waals surface area contributed by atoms with E-state index in [0.29, 0.717) is 36.4 Å². The predicted octanol–water partition coefficient (Wildman–Crippen LogP) is 2.83. The van der Waals surface area contributed by atoms with E-state index in [-0.39, 0.29) is 36.4 Å². The van der Waals surface area contributed by atoms with E-state index < -0.39 is 11.3 Å². The summed E-state index contributed by atoms with van der Waals surface area (Å²) in [5, 5.41) is 0. The molecular weight excluding hydrogens is 420 g/mol. The molecule has 0 aromatic heterocycles. The molecule has 2 atom stereocenters. The maximum absolute atomic E-state index is 13.5. The van der Waals surface area contributed by atoms with Crippen LogP contribution in [0, 0.1) is 5.92 Å². The summed E-state index contributed by atoms with van der Waals surface area (Å²) >= 11 is 0. The van der Waals surface area contributed by atoms with Gasteiger partial charge in [0.1, 0.15) is 5.75 Å². The fourth-order valence-corrected chi connectivity index (χ4v) is 5.00. The summed E-state index contributed by atoms with van der Waals surface area (Å²) < 4.78 is 5.47. The maximum Gasteiger partial charge on any atom is 0.240 e. The van der Waals surface area contributed by atoms with E-state index in [2.05, 4.69) is 0 Å². The van der Waals surface area contributed by atoms with Crippen molar-refractivity contribution < 1.29 is 23.9 Å². The summed E-state index contributed by atoms with van der Waals surface area (Å²) in [4.78, 5) is 55.0. The first-order chi connectivity index (χ1) is 15.9. The average molecular weight is 449 g/mol. The number of ether oxygens (including phenoxy) is 1. The third-order valence-corrected chi connectivity index (χ3v) is 6.82. The molecule has 2 aliphatic rings. The Labute approximate surface area is 193 Å². The number of nitrogens with zero attached hydrogens (tertiary/aromatic N) is 2. The molecule has 3 amide bonds. The maximum atomic E-state index is 13.5. The Bertz CT molecular complexity index is 1080. The Morgan fingerprint density at radius 2 is 1.76 bits per heavy atom. The van der Waals surface area contributed by atoms with Gasteiger partial charge in [0, 0.05) is 50.0 Å². The van der Waals surface area contributed by atoms with Crippen molar-refractivity contribution in [1.82, 2.24) is 9.80 Å². The Kier molecular flexibility index (Phi) is 6.31. The van der Waals surface area contributed by atoms with E-state index in [1.54, 1.807) is 41.3 Å². The van der Waals surface area contributed by atoms with Crippen LogP contribution < -0.4 is 4.74 Å². The van der Waals surface area contributed by atoms with Crippen molar-refractivity contribution in [2.75, 3.05) is 27.2 Å². The Morgan fingerprint density at radius 1 is 1.06 bits per heavy atom. The monoisotopic (exact) mass is 448 g/mol. The molecule has 0 bridgehead atoms. The van der Waals surface area contributed by atoms with Crippen LogP contribution in [0.3, 0.4) is 0 Å². The molecule has 4 rings (SSSR count). The summed E-state index contributed by atoms with van der Waals surface area (Å²) in [5.74, 6) is -0.746. The highest BCUT2D eigenvalue weighted by Crippen LogP contribution is 2.43. The number of hydrogen-bond acceptors (Lipinski definition) is 5. The van der Waals surface area contributed by atoms with Crippen LogP contribution in [-0.2, 0) is 19.8 Å². The van der Waals surface area contributed by atoms with Gasteiger partial charge in [0.15, 0.2) is 5.78 Å². The number of likely N-dealkylation sites (tertiary alicyclic amines) is 2. The minimum absolute atomic E-state index is 0.0272. The number of carbonyl (C=O) groups is 4. The number of piperidine rings is 1. The molecule has 172 valence electrons. The fraction of sp³-hybridized carbons (Fsp3) is 0.385. The van der Waals surface area contributed by atoms with Gasteiger partial charge in [0.05, 0.1) is 12.5 Å². The van der Waals surface area contributed by atoms with Crippen molar-refractivity contribution in [2.45, 2.75) is 31.1 Å². The van der Waals surface area contributed by atoms with Gasteiger partial charge in [-0.3, -0.25) is 24.1 Å². The lowest BCUT2D eigenvalue weighted by molar-refractivity contribution is -0.142. The summed E-state index contributed by atoms with van der Waals surface area (Å²) in [6, 6.07) is 16.1. The summed E-state index contributed by atoms with van der Waals surface area (Å²) in [6.45, 7) is 0.837. The number of Topliss-reactive ketones (excluding diaryl/α,β-unsaturated/α-hetero) is 1. The minimum atomic E-state index is -1.31. The molecule has 0 unspecified atom stereocenters. The lowest BCUT2D eigenvalue weighted by atomic mass is 9.75. The van der Waals surface area contributed by atoms with E-state index >= 15 is 0 Å². The molecule has 2 heterocycles. The van der Waals surface area contributed by atoms with Crippen LogP contribution in [0.4, 0.5) is 0 Å². The molecule has 0 N–H and O–H groups in total. The standard InChI is InChI=1S/C26H28N2O5/c1-27-22(29)15-26(25(27)32,20-12-6-7-13-21(20)33-2)16-23(30)28-14-8-11-19(17-28)24(31)18-9-4-3-5-10-18/h3-7,9-10,12-13,19H,8,11,14-17H2,1-2H3/t19-,26-/m1/s1. The molecule has 33 heavy (non-hydrogen) atoms. The molecule has 2 fully saturated rings. The zero-order valence-corrected chi connectivity index (χ0v) is 19.0. The molecule has 0 aliphatic carbocycles. The zero-order valence-electron chi connectivity index (χ0n) is 19.0. The Balaban J connectivity index is 1.60. The van der Waals surface area contributed by atoms with Crippen molar-refractivity contribution in [3.63, 3.8) is 0 Å². The lowest BCUT2D eigenvalue weighted by Crippen LogP contribution is -2.47. The minimum Gasteiger partial charge on any atom is -0.496 e. The van der Waals surface area contributed by atoms with Crippen molar-refractivity contribution >= 4 is 23.5 Å². The van der Waals surface area contributed by atoms with Crippen molar-refractivity contribution in [1.29, 1.82) is 0 Å². The second kappa shape index (κ2) is 9.17. The van der Waals surface area contributed by atoms with Gasteiger partial charge < -0.3 is 9.64 Å². The van der Waals surface area contributed by atoms with Crippen LogP contribution in [0.1, 0.15) is 41.6 Å². The second-order valence-electron chi connectivity index (χ2n) is 8.80. The smallest absolute Gasteiger partial charge is 0.240 e. The summed E-state index contributed by atoms with van der Waals surface area (Å²) in [5.41, 5.74) is -0.135. The van der Waals surface area contributed by atoms with Crippen LogP contribution in [0.15, 0.2) is 54.6 Å². The van der Waals surface area contributed by atoms with Gasteiger partial charge in [-0.05, 0) is 18.9 Å². The van der Waals surface area contributed by atoms with E-state index in [1.165, 1.54) is 14.2 Å². The average Bonchev–Trinajstić information content (AvgIpc) is 3.08. The van der Waals surface area contributed by atoms with Crippen LogP contribution in [0.5, 0.6) is 5.75 Å². The van der Waals surface area contributed by atoms with E-state index in [4.69, 9.17) is 4.74 Å². The number of para-hydroxylation sites is 1. The van der Waals surface area contributed by atoms with Crippen LogP contribution in [-0.4, -0.2) is 60.6 Å². The highest BCUT2D eigenvalue weighted by molar-refractivity contribution is 6.11. The first-order valence-electron chi connectivity index (χ1n) is 11.2. The number of benzene rings is 2. The molecule has 2 aliphatic heterocycles. The topological polar surface area (TPSA) is 84.0 Å². The number of likely N-dealkylation sites (N-methyl/N-ethyl adjacent to an activating group) is 1. The fourth-order valence-electron chi connectivity index (χ4n) is 5.00. The lowest BCUT2D eigenvalue weighted by Gasteiger charge is -2.35. The molecule has 0 radical (unpaired) electrons. The Hall–Kier alpha value is -3.48. The largest absolute Gasteiger partial charge is 0.496 e. The van der Waals surface area contributed by atoms with Crippen molar-refractivity contribution in [2.24, 2.45) is 5.92 Å². The number of ketones is 1. The molecule has 0 spiro atoms. The summed E-state index contributed by atoms with van der Waals surface area (Å²) in [6.07, 6.45) is 1.20. The number of methoxy groups -OCH3 is 1. The predicted molar refractivity (Wildman–Crippen MR) is 122 cm³/mol. The highest BCUT2D eigenvalue weighted by Gasteiger charge is 2.54. The molecular formula is C26H28N2O5. The quantitative estimate of drug-likeness (QED) is 0.501. The van der Waals surface area contributed by atoms with Gasteiger partial charge in [0.2, 0.25) is 17.7 Å². The molecule has 2 aromatic rings. The van der Waals surface area contributed by atoms with Gasteiger partial charge in [-0.15, -0.1) is 0 Å². The van der Waals surface area contributed by atoms with Crippen LogP contribution in [0.2, 0.25) is 0 Å². The van der Waals surface area contributed by atoms with Gasteiger partial charge in [-0.1, -0.05) is 48.5 Å². The van der Waals surface area contributed by atoms with Crippen LogP contribution >= 0.6 is 0 Å². The third kappa shape index (κ3) is 4.15. The van der Waals surface area contributed by atoms with Gasteiger partial charge in [-0.2, -0.15) is 0 Å². The van der Waals surface area contributed by atoms with E-state index in [1.807, 2.05) is 18.2 Å². The van der Waals surface area contributed by atoms with Gasteiger partial charge >= 0.3 is 0 Å². The zero-order chi connectivity index (χ0) is 23.6. The van der Waals surface area contributed by atoms with Crippen LogP contribution in [0.25, 0.3) is 0 Å². The second-order valence-corrected chi connectivity index (χ2v) is 8.80. The Morgan fingerprint density at radius 3 is 2.42 bits per heavy atom. The highest BCUT2D eigenvalue weighted by atomic mass is 16.5. The van der Waals surface area contributed by atoms with E-state index in [0.717, 1.165) is 11.3 Å². The molecule has 0 saturated carbocycles. The number of amides is 3. The molecule has 7 nitrogen and oxygen atoms in total. The third-order valence-electron chi connectivity index (χ3n) is 6.82.